The first-order chi connectivity index (χ1) is 12.1. The Labute approximate surface area is 146 Å². The lowest BCUT2D eigenvalue weighted by molar-refractivity contribution is -0.00702. The molecule has 8 nitrogen and oxygen atoms in total. The summed E-state index contributed by atoms with van der Waals surface area (Å²) in [6, 6.07) is 1.80. The van der Waals surface area contributed by atoms with Crippen LogP contribution in [0.2, 0.25) is 0 Å². The molecule has 2 aliphatic rings. The molecule has 132 valence electrons. The van der Waals surface area contributed by atoms with E-state index >= 15 is 0 Å². The molecule has 0 spiro atoms. The highest BCUT2D eigenvalue weighted by Gasteiger charge is 2.32. The monoisotopic (exact) mass is 342 g/mol. The summed E-state index contributed by atoms with van der Waals surface area (Å²) in [5, 5.41) is 7.30. The Kier molecular flexibility index (Phi) is 4.12. The van der Waals surface area contributed by atoms with Gasteiger partial charge in [0.1, 0.15) is 0 Å². The first-order valence-corrected chi connectivity index (χ1v) is 8.67. The molecule has 1 N–H and O–H groups in total. The van der Waals surface area contributed by atoms with Crippen LogP contribution in [-0.4, -0.2) is 63.3 Å². The van der Waals surface area contributed by atoms with Crippen molar-refractivity contribution in [1.29, 1.82) is 0 Å². The fourth-order valence-corrected chi connectivity index (χ4v) is 3.56. The molecule has 2 aromatic rings. The zero-order chi connectivity index (χ0) is 17.4. The Bertz CT molecular complexity index is 754. The number of fused-ring (bicyclic) bond motifs is 1. The van der Waals surface area contributed by atoms with Gasteiger partial charge in [-0.25, -0.2) is 9.97 Å². The summed E-state index contributed by atoms with van der Waals surface area (Å²) in [5.41, 5.74) is 2.48. The van der Waals surface area contributed by atoms with Gasteiger partial charge in [-0.15, -0.1) is 0 Å². The fourth-order valence-electron chi connectivity index (χ4n) is 3.56. The number of ether oxygens (including phenoxy) is 1. The molecule has 4 rings (SSSR count). The Hall–Kier alpha value is -2.48. The van der Waals surface area contributed by atoms with Crippen molar-refractivity contribution in [2.24, 2.45) is 0 Å². The van der Waals surface area contributed by atoms with Crippen molar-refractivity contribution in [3.05, 3.63) is 35.4 Å². The molecule has 25 heavy (non-hydrogen) atoms. The summed E-state index contributed by atoms with van der Waals surface area (Å²) >= 11 is 0. The first-order valence-electron chi connectivity index (χ1n) is 8.67. The average molecular weight is 342 g/mol. The number of amides is 1. The van der Waals surface area contributed by atoms with E-state index in [9.17, 15) is 4.79 Å². The number of rotatable bonds is 2. The molecular weight excluding hydrogens is 320 g/mol. The highest BCUT2D eigenvalue weighted by Crippen LogP contribution is 2.30. The number of H-pyrrole nitrogens is 1. The number of nitrogens with one attached hydrogen (secondary N) is 1. The maximum Gasteiger partial charge on any atom is 0.274 e. The van der Waals surface area contributed by atoms with E-state index in [4.69, 9.17) is 4.74 Å². The molecule has 2 aromatic heterocycles. The maximum absolute atomic E-state index is 12.9. The van der Waals surface area contributed by atoms with Gasteiger partial charge in [0.2, 0.25) is 5.95 Å². The van der Waals surface area contributed by atoms with Gasteiger partial charge in [-0.1, -0.05) is 0 Å². The molecule has 2 atom stereocenters. The predicted molar refractivity (Wildman–Crippen MR) is 91.4 cm³/mol. The van der Waals surface area contributed by atoms with Crippen LogP contribution in [0, 0.1) is 0 Å². The second-order valence-electron chi connectivity index (χ2n) is 6.59. The number of carbonyl (C=O) groups is 1. The standard InChI is InChI=1S/C17H22N6O2/c1-11-10-13-14(12(2)25-11)20-21-15(13)16(24)22-6-8-23(9-7-22)17-18-4-3-5-19-17/h3-5,11-12H,6-10H2,1-2H3,(H,20,21)/t11-,12+/m1/s1. The van der Waals surface area contributed by atoms with Crippen LogP contribution in [0.1, 0.15) is 41.7 Å². The number of aromatic nitrogens is 4. The van der Waals surface area contributed by atoms with Gasteiger partial charge in [0.25, 0.3) is 5.91 Å². The summed E-state index contributed by atoms with van der Waals surface area (Å²) in [5.74, 6) is 0.707. The molecule has 1 fully saturated rings. The normalized spacial score (nSPS) is 23.4. The van der Waals surface area contributed by atoms with Gasteiger partial charge in [0.15, 0.2) is 5.69 Å². The summed E-state index contributed by atoms with van der Waals surface area (Å²) in [4.78, 5) is 25.5. The third-order valence-corrected chi connectivity index (χ3v) is 4.84. The fraction of sp³-hybridized carbons (Fsp3) is 0.529. The topological polar surface area (TPSA) is 87.2 Å². The lowest BCUT2D eigenvalue weighted by atomic mass is 9.99. The van der Waals surface area contributed by atoms with E-state index in [1.54, 1.807) is 18.5 Å². The van der Waals surface area contributed by atoms with Crippen LogP contribution in [0.3, 0.4) is 0 Å². The van der Waals surface area contributed by atoms with Gasteiger partial charge >= 0.3 is 0 Å². The lowest BCUT2D eigenvalue weighted by Crippen LogP contribution is -2.49. The van der Waals surface area contributed by atoms with E-state index in [-0.39, 0.29) is 18.1 Å². The summed E-state index contributed by atoms with van der Waals surface area (Å²) in [6.07, 6.45) is 4.23. The van der Waals surface area contributed by atoms with Crippen LogP contribution < -0.4 is 4.90 Å². The number of hydrogen-bond donors (Lipinski definition) is 1. The molecule has 4 heterocycles. The number of piperazine rings is 1. The van der Waals surface area contributed by atoms with E-state index in [0.717, 1.165) is 30.8 Å². The highest BCUT2D eigenvalue weighted by molar-refractivity contribution is 5.94. The highest BCUT2D eigenvalue weighted by atomic mass is 16.5. The number of hydrogen-bond acceptors (Lipinski definition) is 6. The minimum atomic E-state index is -0.0557. The Morgan fingerprint density at radius 2 is 1.92 bits per heavy atom. The second-order valence-corrected chi connectivity index (χ2v) is 6.59. The molecule has 8 heteroatoms. The van der Waals surface area contributed by atoms with Crippen molar-refractivity contribution < 1.29 is 9.53 Å². The largest absolute Gasteiger partial charge is 0.369 e. The Balaban J connectivity index is 1.47. The van der Waals surface area contributed by atoms with Crippen molar-refractivity contribution in [3.63, 3.8) is 0 Å². The molecule has 2 aliphatic heterocycles. The molecule has 1 amide bonds. The van der Waals surface area contributed by atoms with Crippen molar-refractivity contribution >= 4 is 11.9 Å². The van der Waals surface area contributed by atoms with Gasteiger partial charge in [-0.2, -0.15) is 5.10 Å². The minimum absolute atomic E-state index is 0.00701. The smallest absolute Gasteiger partial charge is 0.274 e. The van der Waals surface area contributed by atoms with Gasteiger partial charge in [-0.3, -0.25) is 9.89 Å². The molecule has 0 aromatic carbocycles. The zero-order valence-electron chi connectivity index (χ0n) is 14.5. The van der Waals surface area contributed by atoms with E-state index in [2.05, 4.69) is 25.1 Å². The number of nitrogens with zero attached hydrogens (tertiary/aromatic N) is 5. The summed E-state index contributed by atoms with van der Waals surface area (Å²) in [7, 11) is 0. The Morgan fingerprint density at radius 3 is 2.64 bits per heavy atom. The zero-order valence-corrected chi connectivity index (χ0v) is 14.5. The molecule has 0 saturated carbocycles. The van der Waals surface area contributed by atoms with E-state index in [1.807, 2.05) is 18.7 Å². The second kappa shape index (κ2) is 6.44. The van der Waals surface area contributed by atoms with E-state index < -0.39 is 0 Å². The van der Waals surface area contributed by atoms with Crippen molar-refractivity contribution in [3.8, 4) is 0 Å². The van der Waals surface area contributed by atoms with E-state index in [1.165, 1.54) is 0 Å². The van der Waals surface area contributed by atoms with Gasteiger partial charge < -0.3 is 14.5 Å². The summed E-state index contributed by atoms with van der Waals surface area (Å²) in [6.45, 7) is 6.73. The Morgan fingerprint density at radius 1 is 1.20 bits per heavy atom. The lowest BCUT2D eigenvalue weighted by Gasteiger charge is -2.34. The maximum atomic E-state index is 12.9. The quantitative estimate of drug-likeness (QED) is 0.882. The van der Waals surface area contributed by atoms with E-state index in [0.29, 0.717) is 24.7 Å². The first kappa shape index (κ1) is 16.0. The summed E-state index contributed by atoms with van der Waals surface area (Å²) < 4.78 is 5.80. The molecule has 0 aliphatic carbocycles. The third kappa shape index (κ3) is 2.97. The average Bonchev–Trinajstić information content (AvgIpc) is 3.06. The third-order valence-electron chi connectivity index (χ3n) is 4.84. The molecule has 0 bridgehead atoms. The van der Waals surface area contributed by atoms with Crippen LogP contribution in [0.5, 0.6) is 0 Å². The van der Waals surface area contributed by atoms with Crippen molar-refractivity contribution in [1.82, 2.24) is 25.1 Å². The van der Waals surface area contributed by atoms with Crippen LogP contribution in [0.4, 0.5) is 5.95 Å². The van der Waals surface area contributed by atoms with Crippen LogP contribution >= 0.6 is 0 Å². The SMILES string of the molecule is C[C@@H]1Cc2c(C(=O)N3CCN(c4ncccn4)CC3)n[nH]c2[C@H](C)O1. The van der Waals surface area contributed by atoms with Crippen LogP contribution in [-0.2, 0) is 11.2 Å². The van der Waals surface area contributed by atoms with Gasteiger partial charge in [0.05, 0.1) is 17.9 Å². The van der Waals surface area contributed by atoms with Crippen LogP contribution in [0.15, 0.2) is 18.5 Å². The molecule has 0 unspecified atom stereocenters. The van der Waals surface area contributed by atoms with Crippen LogP contribution in [0.25, 0.3) is 0 Å². The predicted octanol–water partition coefficient (Wildman–Crippen LogP) is 1.18. The number of anilines is 1. The van der Waals surface area contributed by atoms with Crippen molar-refractivity contribution in [2.75, 3.05) is 31.1 Å². The molecule has 0 radical (unpaired) electrons. The number of carbonyl (C=O) groups excluding carboxylic acids is 1. The minimum Gasteiger partial charge on any atom is -0.369 e. The molecular formula is C17H22N6O2. The molecule has 1 saturated heterocycles. The number of aromatic amines is 1. The van der Waals surface area contributed by atoms with Crippen molar-refractivity contribution in [2.45, 2.75) is 32.5 Å². The van der Waals surface area contributed by atoms with Gasteiger partial charge in [0, 0.05) is 50.6 Å². The van der Waals surface area contributed by atoms with Gasteiger partial charge in [-0.05, 0) is 19.9 Å².